The van der Waals surface area contributed by atoms with Crippen LogP contribution in [-0.4, -0.2) is 16.1 Å². The number of fused-ring (bicyclic) bond motifs is 1. The van der Waals surface area contributed by atoms with Gasteiger partial charge in [0.25, 0.3) is 0 Å². The van der Waals surface area contributed by atoms with Crippen molar-refractivity contribution in [3.63, 3.8) is 0 Å². The van der Waals surface area contributed by atoms with Gasteiger partial charge < -0.3 is 5.11 Å². The summed E-state index contributed by atoms with van der Waals surface area (Å²) in [6.45, 7) is 4.46. The lowest BCUT2D eigenvalue weighted by molar-refractivity contribution is -0.144. The Bertz CT molecular complexity index is 678. The molecule has 3 rings (SSSR count). The molecule has 1 heterocycles. The number of aliphatic carboxylic acids is 1. The van der Waals surface area contributed by atoms with Gasteiger partial charge in [-0.05, 0) is 48.3 Å². The van der Waals surface area contributed by atoms with Gasteiger partial charge in [0.2, 0.25) is 0 Å². The Kier molecular flexibility index (Phi) is 3.44. The Morgan fingerprint density at radius 3 is 2.86 bits per heavy atom. The number of nitrogens with zero attached hydrogens (tertiary/aromatic N) is 1. The molecule has 3 nitrogen and oxygen atoms in total. The quantitative estimate of drug-likeness (QED) is 0.897. The van der Waals surface area contributed by atoms with Crippen LogP contribution in [0.3, 0.4) is 0 Å². The molecule has 0 radical (unpaired) electrons. The molecule has 110 valence electrons. The highest BCUT2D eigenvalue weighted by Gasteiger charge is 2.39. The second-order valence-electron chi connectivity index (χ2n) is 6.92. The minimum absolute atomic E-state index is 0.0587. The van der Waals surface area contributed by atoms with Crippen LogP contribution in [-0.2, 0) is 4.79 Å². The normalized spacial score (nSPS) is 24.9. The molecule has 2 aromatic rings. The van der Waals surface area contributed by atoms with E-state index in [1.807, 2.05) is 30.5 Å². The van der Waals surface area contributed by atoms with Gasteiger partial charge in [0, 0.05) is 11.6 Å². The molecule has 1 fully saturated rings. The molecule has 1 aliphatic carbocycles. The lowest BCUT2D eigenvalue weighted by Gasteiger charge is -2.39. The Morgan fingerprint density at radius 2 is 2.10 bits per heavy atom. The van der Waals surface area contributed by atoms with Gasteiger partial charge in [-0.25, -0.2) is 0 Å². The number of hydrogen-bond acceptors (Lipinski definition) is 2. The molecule has 0 bridgehead atoms. The van der Waals surface area contributed by atoms with Crippen molar-refractivity contribution in [2.24, 2.45) is 11.3 Å². The summed E-state index contributed by atoms with van der Waals surface area (Å²) in [6.07, 6.45) is 4.50. The summed E-state index contributed by atoms with van der Waals surface area (Å²) in [5.74, 6) is -0.909. The second kappa shape index (κ2) is 5.14. The van der Waals surface area contributed by atoms with E-state index in [2.05, 4.69) is 24.9 Å². The molecular formula is C18H21NO2. The summed E-state index contributed by atoms with van der Waals surface area (Å²) >= 11 is 0. The van der Waals surface area contributed by atoms with E-state index < -0.39 is 5.97 Å². The lowest BCUT2D eigenvalue weighted by Crippen LogP contribution is -2.33. The molecule has 0 saturated heterocycles. The molecule has 2 unspecified atom stereocenters. The maximum atomic E-state index is 11.6. The first-order valence-electron chi connectivity index (χ1n) is 7.54. The third-order valence-electron chi connectivity index (χ3n) is 4.75. The van der Waals surface area contributed by atoms with Crippen LogP contribution in [0.25, 0.3) is 10.9 Å². The first kappa shape index (κ1) is 14.1. The van der Waals surface area contributed by atoms with Crippen LogP contribution in [0.5, 0.6) is 0 Å². The summed E-state index contributed by atoms with van der Waals surface area (Å²) in [5, 5.41) is 10.6. The molecule has 0 spiro atoms. The van der Waals surface area contributed by atoms with E-state index in [0.717, 1.165) is 35.7 Å². The van der Waals surface area contributed by atoms with Gasteiger partial charge in [-0.2, -0.15) is 0 Å². The van der Waals surface area contributed by atoms with E-state index in [1.165, 1.54) is 0 Å². The van der Waals surface area contributed by atoms with E-state index in [1.54, 1.807) is 0 Å². The van der Waals surface area contributed by atoms with Crippen molar-refractivity contribution in [3.05, 3.63) is 42.1 Å². The molecule has 3 heteroatoms. The smallest absolute Gasteiger partial charge is 0.307 e. The van der Waals surface area contributed by atoms with E-state index >= 15 is 0 Å². The zero-order valence-corrected chi connectivity index (χ0v) is 12.5. The molecule has 1 aromatic heterocycles. The zero-order chi connectivity index (χ0) is 15.0. The summed E-state index contributed by atoms with van der Waals surface area (Å²) < 4.78 is 0. The number of carboxylic acids is 1. The fraction of sp³-hybridized carbons (Fsp3) is 0.444. The zero-order valence-electron chi connectivity index (χ0n) is 12.5. The van der Waals surface area contributed by atoms with E-state index in [4.69, 9.17) is 0 Å². The molecule has 21 heavy (non-hydrogen) atoms. The molecule has 1 aromatic carbocycles. The highest BCUT2D eigenvalue weighted by Crippen LogP contribution is 2.46. The average Bonchev–Trinajstić information content (AvgIpc) is 2.45. The number of carbonyl (C=O) groups is 1. The minimum Gasteiger partial charge on any atom is -0.481 e. The van der Waals surface area contributed by atoms with Crippen molar-refractivity contribution in [1.82, 2.24) is 4.98 Å². The van der Waals surface area contributed by atoms with Gasteiger partial charge in [-0.1, -0.05) is 32.0 Å². The minimum atomic E-state index is -0.677. The maximum absolute atomic E-state index is 11.6. The molecule has 0 aliphatic heterocycles. The van der Waals surface area contributed by atoms with Crippen molar-refractivity contribution >= 4 is 16.9 Å². The third-order valence-corrected chi connectivity index (χ3v) is 4.75. The molecule has 0 amide bonds. The van der Waals surface area contributed by atoms with Crippen molar-refractivity contribution in [3.8, 4) is 0 Å². The highest BCUT2D eigenvalue weighted by atomic mass is 16.4. The Hall–Kier alpha value is -1.90. The maximum Gasteiger partial charge on any atom is 0.307 e. The van der Waals surface area contributed by atoms with Gasteiger partial charge in [0.15, 0.2) is 0 Å². The third kappa shape index (κ3) is 2.78. The lowest BCUT2D eigenvalue weighted by atomic mass is 9.65. The summed E-state index contributed by atoms with van der Waals surface area (Å²) in [7, 11) is 0. The van der Waals surface area contributed by atoms with Gasteiger partial charge in [-0.3, -0.25) is 9.78 Å². The standard InChI is InChI=1S/C18H21NO2/c1-18(2)8-7-14(17(20)21)15(10-18)13-9-12-5-3-4-6-16(12)19-11-13/h3-6,9,11,14-15H,7-8,10H2,1-2H3,(H,20,21). The summed E-state index contributed by atoms with van der Waals surface area (Å²) in [5.41, 5.74) is 2.22. The SMILES string of the molecule is CC1(C)CCC(C(=O)O)C(c2cnc3ccccc3c2)C1. The van der Waals surface area contributed by atoms with Crippen molar-refractivity contribution in [1.29, 1.82) is 0 Å². The average molecular weight is 283 g/mol. The van der Waals surface area contributed by atoms with Crippen LogP contribution in [0.15, 0.2) is 36.5 Å². The van der Waals surface area contributed by atoms with Crippen molar-refractivity contribution in [2.45, 2.75) is 39.0 Å². The van der Waals surface area contributed by atoms with Crippen molar-refractivity contribution in [2.75, 3.05) is 0 Å². The second-order valence-corrected chi connectivity index (χ2v) is 6.92. The van der Waals surface area contributed by atoms with Crippen LogP contribution >= 0.6 is 0 Å². The van der Waals surface area contributed by atoms with E-state index in [-0.39, 0.29) is 17.3 Å². The number of carboxylic acid groups (broad SMARTS) is 1. The molecule has 1 aliphatic rings. The first-order valence-corrected chi connectivity index (χ1v) is 7.54. The Labute approximate surface area is 125 Å². The summed E-state index contributed by atoms with van der Waals surface area (Å²) in [4.78, 5) is 16.1. The molecular weight excluding hydrogens is 262 g/mol. The number of benzene rings is 1. The van der Waals surface area contributed by atoms with Crippen LogP contribution < -0.4 is 0 Å². The molecule has 1 saturated carbocycles. The highest BCUT2D eigenvalue weighted by molar-refractivity contribution is 5.79. The summed E-state index contributed by atoms with van der Waals surface area (Å²) in [6, 6.07) is 10.1. The van der Waals surface area contributed by atoms with E-state index in [9.17, 15) is 9.90 Å². The largest absolute Gasteiger partial charge is 0.481 e. The Balaban J connectivity index is 2.02. The number of rotatable bonds is 2. The monoisotopic (exact) mass is 283 g/mol. The predicted octanol–water partition coefficient (Wildman–Crippen LogP) is 4.23. The van der Waals surface area contributed by atoms with Crippen LogP contribution in [0.4, 0.5) is 0 Å². The fourth-order valence-corrected chi connectivity index (χ4v) is 3.52. The van der Waals surface area contributed by atoms with Gasteiger partial charge in [0.05, 0.1) is 11.4 Å². The first-order chi connectivity index (χ1) is 9.96. The number of pyridine rings is 1. The predicted molar refractivity (Wildman–Crippen MR) is 83.2 cm³/mol. The van der Waals surface area contributed by atoms with Crippen molar-refractivity contribution < 1.29 is 9.90 Å². The van der Waals surface area contributed by atoms with Crippen LogP contribution in [0.1, 0.15) is 44.6 Å². The number of aromatic nitrogens is 1. The molecule has 2 atom stereocenters. The van der Waals surface area contributed by atoms with Crippen LogP contribution in [0.2, 0.25) is 0 Å². The van der Waals surface area contributed by atoms with Gasteiger partial charge in [-0.15, -0.1) is 0 Å². The molecule has 1 N–H and O–H groups in total. The number of para-hydroxylation sites is 1. The van der Waals surface area contributed by atoms with Crippen LogP contribution in [0, 0.1) is 11.3 Å². The topological polar surface area (TPSA) is 50.2 Å². The number of hydrogen-bond donors (Lipinski definition) is 1. The Morgan fingerprint density at radius 1 is 1.33 bits per heavy atom. The fourth-order valence-electron chi connectivity index (χ4n) is 3.52. The van der Waals surface area contributed by atoms with Gasteiger partial charge >= 0.3 is 5.97 Å². The van der Waals surface area contributed by atoms with E-state index in [0.29, 0.717) is 0 Å². The van der Waals surface area contributed by atoms with Gasteiger partial charge in [0.1, 0.15) is 0 Å².